The van der Waals surface area contributed by atoms with Gasteiger partial charge in [0.05, 0.1) is 23.1 Å². The van der Waals surface area contributed by atoms with Gasteiger partial charge in [-0.1, -0.05) is 24.6 Å². The summed E-state index contributed by atoms with van der Waals surface area (Å²) < 4.78 is 2.68. The molecular formula is C15H18BrN3O. The minimum absolute atomic E-state index is 0.00331. The predicted molar refractivity (Wildman–Crippen MR) is 83.6 cm³/mol. The van der Waals surface area contributed by atoms with E-state index >= 15 is 0 Å². The normalized spacial score (nSPS) is 12.2. The van der Waals surface area contributed by atoms with Crippen LogP contribution in [-0.2, 0) is 11.3 Å². The number of amides is 1. The van der Waals surface area contributed by atoms with Crippen molar-refractivity contribution in [2.45, 2.75) is 27.3 Å². The Balaban J connectivity index is 2.00. The molecule has 0 fully saturated rings. The van der Waals surface area contributed by atoms with Gasteiger partial charge in [0.1, 0.15) is 0 Å². The molecule has 0 radical (unpaired) electrons. The highest BCUT2D eigenvalue weighted by molar-refractivity contribution is 9.10. The van der Waals surface area contributed by atoms with Crippen LogP contribution in [0, 0.1) is 19.8 Å². The second kappa shape index (κ2) is 6.22. The monoisotopic (exact) mass is 335 g/mol. The van der Waals surface area contributed by atoms with Crippen LogP contribution in [0.1, 0.15) is 18.1 Å². The van der Waals surface area contributed by atoms with Crippen LogP contribution in [-0.4, -0.2) is 15.7 Å². The Bertz CT molecular complexity index is 621. The molecule has 1 unspecified atom stereocenters. The van der Waals surface area contributed by atoms with Gasteiger partial charge in [-0.25, -0.2) is 0 Å². The third-order valence-electron chi connectivity index (χ3n) is 3.15. The Morgan fingerprint density at radius 3 is 2.80 bits per heavy atom. The molecule has 0 aliphatic heterocycles. The van der Waals surface area contributed by atoms with Gasteiger partial charge in [-0.05, 0) is 41.4 Å². The maximum absolute atomic E-state index is 12.2. The molecule has 2 aromatic rings. The summed E-state index contributed by atoms with van der Waals surface area (Å²) in [5.41, 5.74) is 3.14. The quantitative estimate of drug-likeness (QED) is 0.928. The second-order valence-electron chi connectivity index (χ2n) is 5.09. The van der Waals surface area contributed by atoms with E-state index in [2.05, 4.69) is 32.4 Å². The highest BCUT2D eigenvalue weighted by atomic mass is 79.9. The molecule has 0 aliphatic carbocycles. The van der Waals surface area contributed by atoms with Crippen molar-refractivity contribution in [3.8, 4) is 0 Å². The van der Waals surface area contributed by atoms with Gasteiger partial charge in [0.2, 0.25) is 5.91 Å². The van der Waals surface area contributed by atoms with Crippen molar-refractivity contribution >= 4 is 27.5 Å². The molecule has 0 bridgehead atoms. The number of hydrogen-bond acceptors (Lipinski definition) is 2. The molecular weight excluding hydrogens is 318 g/mol. The third kappa shape index (κ3) is 3.70. The Labute approximate surface area is 127 Å². The van der Waals surface area contributed by atoms with E-state index in [0.717, 1.165) is 15.7 Å². The number of benzene rings is 1. The molecule has 1 heterocycles. The Morgan fingerprint density at radius 1 is 1.45 bits per heavy atom. The van der Waals surface area contributed by atoms with Gasteiger partial charge in [-0.3, -0.25) is 9.48 Å². The Hall–Kier alpha value is -1.62. The van der Waals surface area contributed by atoms with Crippen molar-refractivity contribution in [1.29, 1.82) is 0 Å². The first kappa shape index (κ1) is 14.8. The maximum Gasteiger partial charge on any atom is 0.229 e. The average molecular weight is 336 g/mol. The molecule has 4 nitrogen and oxygen atoms in total. The van der Waals surface area contributed by atoms with E-state index in [9.17, 15) is 4.79 Å². The minimum Gasteiger partial charge on any atom is -0.326 e. The lowest BCUT2D eigenvalue weighted by Gasteiger charge is -2.14. The first-order valence-electron chi connectivity index (χ1n) is 6.52. The fourth-order valence-corrected chi connectivity index (χ4v) is 2.34. The van der Waals surface area contributed by atoms with Crippen LogP contribution in [0.25, 0.3) is 0 Å². The Morgan fingerprint density at radius 2 is 2.20 bits per heavy atom. The smallest absolute Gasteiger partial charge is 0.229 e. The summed E-state index contributed by atoms with van der Waals surface area (Å²) in [4.78, 5) is 12.2. The van der Waals surface area contributed by atoms with Gasteiger partial charge in [0.25, 0.3) is 0 Å². The largest absolute Gasteiger partial charge is 0.326 e. The number of nitrogens with one attached hydrogen (secondary N) is 1. The molecule has 106 valence electrons. The SMILES string of the molecule is Cc1ccc(NC(=O)C(C)Cn2cc(Br)cn2)c(C)c1. The summed E-state index contributed by atoms with van der Waals surface area (Å²) in [6, 6.07) is 6.00. The molecule has 1 aromatic carbocycles. The van der Waals surface area contributed by atoms with Crippen LogP contribution in [0.5, 0.6) is 0 Å². The van der Waals surface area contributed by atoms with Gasteiger partial charge in [0.15, 0.2) is 0 Å². The molecule has 1 aromatic heterocycles. The summed E-state index contributed by atoms with van der Waals surface area (Å²) in [7, 11) is 0. The lowest BCUT2D eigenvalue weighted by Crippen LogP contribution is -2.25. The number of carbonyl (C=O) groups is 1. The van der Waals surface area contributed by atoms with Gasteiger partial charge < -0.3 is 5.32 Å². The predicted octanol–water partition coefficient (Wildman–Crippen LogP) is 3.54. The number of anilines is 1. The molecule has 1 N–H and O–H groups in total. The number of hydrogen-bond donors (Lipinski definition) is 1. The van der Waals surface area contributed by atoms with E-state index in [-0.39, 0.29) is 11.8 Å². The van der Waals surface area contributed by atoms with Crippen LogP contribution < -0.4 is 5.32 Å². The standard InChI is InChI=1S/C15H18BrN3O/c1-10-4-5-14(11(2)6-10)18-15(20)12(3)8-19-9-13(16)7-17-19/h4-7,9,12H,8H2,1-3H3,(H,18,20). The zero-order chi connectivity index (χ0) is 14.7. The fourth-order valence-electron chi connectivity index (χ4n) is 2.01. The van der Waals surface area contributed by atoms with Crippen molar-refractivity contribution in [3.05, 3.63) is 46.2 Å². The number of aryl methyl sites for hydroxylation is 2. The van der Waals surface area contributed by atoms with Crippen molar-refractivity contribution in [1.82, 2.24) is 9.78 Å². The summed E-state index contributed by atoms with van der Waals surface area (Å²) >= 11 is 3.35. The first-order valence-corrected chi connectivity index (χ1v) is 7.31. The topological polar surface area (TPSA) is 46.9 Å². The Kier molecular flexibility index (Phi) is 4.60. The van der Waals surface area contributed by atoms with Crippen LogP contribution >= 0.6 is 15.9 Å². The third-order valence-corrected chi connectivity index (χ3v) is 3.56. The van der Waals surface area contributed by atoms with E-state index in [1.165, 1.54) is 5.56 Å². The molecule has 1 atom stereocenters. The minimum atomic E-state index is -0.150. The summed E-state index contributed by atoms with van der Waals surface area (Å²) in [5, 5.41) is 7.14. The average Bonchev–Trinajstić information content (AvgIpc) is 2.78. The van der Waals surface area contributed by atoms with E-state index in [1.54, 1.807) is 10.9 Å². The number of rotatable bonds is 4. The molecule has 1 amide bonds. The lowest BCUT2D eigenvalue weighted by molar-refractivity contribution is -0.119. The van der Waals surface area contributed by atoms with Crippen LogP contribution in [0.2, 0.25) is 0 Å². The number of halogens is 1. The summed E-state index contributed by atoms with van der Waals surface area (Å²) in [6.45, 7) is 6.49. The van der Waals surface area contributed by atoms with E-state index in [1.807, 2.05) is 39.1 Å². The molecule has 0 saturated heterocycles. The summed E-state index contributed by atoms with van der Waals surface area (Å²) in [6.07, 6.45) is 3.58. The zero-order valence-corrected chi connectivity index (χ0v) is 13.4. The van der Waals surface area contributed by atoms with Gasteiger partial charge in [-0.2, -0.15) is 5.10 Å². The van der Waals surface area contributed by atoms with E-state index < -0.39 is 0 Å². The zero-order valence-electron chi connectivity index (χ0n) is 11.9. The lowest BCUT2D eigenvalue weighted by atomic mass is 10.1. The van der Waals surface area contributed by atoms with Crippen molar-refractivity contribution in [2.24, 2.45) is 5.92 Å². The van der Waals surface area contributed by atoms with Gasteiger partial charge >= 0.3 is 0 Å². The van der Waals surface area contributed by atoms with Crippen LogP contribution in [0.4, 0.5) is 5.69 Å². The number of nitrogens with zero attached hydrogens (tertiary/aromatic N) is 2. The summed E-state index contributed by atoms with van der Waals surface area (Å²) in [5.74, 6) is -0.147. The highest BCUT2D eigenvalue weighted by Gasteiger charge is 2.15. The second-order valence-corrected chi connectivity index (χ2v) is 6.00. The van der Waals surface area contributed by atoms with E-state index in [4.69, 9.17) is 0 Å². The molecule has 5 heteroatoms. The molecule has 2 rings (SSSR count). The van der Waals surface area contributed by atoms with Crippen LogP contribution in [0.15, 0.2) is 35.1 Å². The number of carbonyl (C=O) groups excluding carboxylic acids is 1. The molecule has 20 heavy (non-hydrogen) atoms. The maximum atomic E-state index is 12.2. The fraction of sp³-hybridized carbons (Fsp3) is 0.333. The van der Waals surface area contributed by atoms with Crippen molar-refractivity contribution < 1.29 is 4.79 Å². The van der Waals surface area contributed by atoms with Crippen molar-refractivity contribution in [2.75, 3.05) is 5.32 Å². The highest BCUT2D eigenvalue weighted by Crippen LogP contribution is 2.17. The molecule has 0 spiro atoms. The first-order chi connectivity index (χ1) is 9.45. The van der Waals surface area contributed by atoms with E-state index in [0.29, 0.717) is 6.54 Å². The van der Waals surface area contributed by atoms with Gasteiger partial charge in [0, 0.05) is 11.9 Å². The molecule has 0 saturated carbocycles. The van der Waals surface area contributed by atoms with Crippen molar-refractivity contribution in [3.63, 3.8) is 0 Å². The van der Waals surface area contributed by atoms with Crippen LogP contribution in [0.3, 0.4) is 0 Å². The molecule has 0 aliphatic rings. The number of aromatic nitrogens is 2. The van der Waals surface area contributed by atoms with Gasteiger partial charge in [-0.15, -0.1) is 0 Å².